The van der Waals surface area contributed by atoms with E-state index in [0.717, 1.165) is 23.4 Å². The first-order chi connectivity index (χ1) is 11.0. The molecule has 0 bridgehead atoms. The highest BCUT2D eigenvalue weighted by atomic mass is 32.1. The Balaban J connectivity index is 1.70. The Kier molecular flexibility index (Phi) is 3.32. The van der Waals surface area contributed by atoms with Crippen LogP contribution in [0.2, 0.25) is 0 Å². The second kappa shape index (κ2) is 5.14. The summed E-state index contributed by atoms with van der Waals surface area (Å²) in [5, 5.41) is 0. The molecule has 1 saturated heterocycles. The van der Waals surface area contributed by atoms with Gasteiger partial charge in [0, 0.05) is 35.9 Å². The number of aryl methyl sites for hydroxylation is 2. The molecule has 3 atom stereocenters. The molecule has 1 amide bonds. The van der Waals surface area contributed by atoms with Crippen LogP contribution in [0.5, 0.6) is 0 Å². The molecule has 3 unspecified atom stereocenters. The summed E-state index contributed by atoms with van der Waals surface area (Å²) in [7, 11) is 0. The maximum atomic E-state index is 12.8. The fourth-order valence-corrected chi connectivity index (χ4v) is 4.90. The molecule has 2 aromatic rings. The average molecular weight is 332 g/mol. The van der Waals surface area contributed by atoms with Crippen molar-refractivity contribution in [2.45, 2.75) is 32.7 Å². The maximum absolute atomic E-state index is 12.8. The van der Waals surface area contributed by atoms with Gasteiger partial charge in [0.15, 0.2) is 4.96 Å². The van der Waals surface area contributed by atoms with Crippen LogP contribution in [0.25, 0.3) is 4.96 Å². The number of hydrogen-bond donors (Lipinski definition) is 1. The Hall–Kier alpha value is -1.73. The number of nitrogens with two attached hydrogens (primary N) is 1. The summed E-state index contributed by atoms with van der Waals surface area (Å²) in [5.41, 5.74) is 6.89. The molecule has 6 nitrogen and oxygen atoms in total. The van der Waals surface area contributed by atoms with Crippen molar-refractivity contribution in [3.05, 3.63) is 32.7 Å². The lowest BCUT2D eigenvalue weighted by molar-refractivity contribution is 0.0777. The van der Waals surface area contributed by atoms with Crippen molar-refractivity contribution in [2.24, 2.45) is 17.6 Å². The first-order valence-electron chi connectivity index (χ1n) is 8.00. The van der Waals surface area contributed by atoms with E-state index in [1.165, 1.54) is 17.5 Å². The fraction of sp³-hybridized carbons (Fsp3) is 0.562. The van der Waals surface area contributed by atoms with E-state index in [9.17, 15) is 9.59 Å². The van der Waals surface area contributed by atoms with Crippen LogP contribution in [-0.4, -0.2) is 39.3 Å². The topological polar surface area (TPSA) is 80.7 Å². The maximum Gasteiger partial charge on any atom is 0.271 e. The van der Waals surface area contributed by atoms with E-state index in [0.29, 0.717) is 29.9 Å². The van der Waals surface area contributed by atoms with Crippen LogP contribution >= 0.6 is 11.3 Å². The van der Waals surface area contributed by atoms with Crippen molar-refractivity contribution in [3.8, 4) is 0 Å². The molecular formula is C16H20N4O2S. The second-order valence-electron chi connectivity index (χ2n) is 6.71. The Morgan fingerprint density at radius 3 is 2.87 bits per heavy atom. The van der Waals surface area contributed by atoms with Crippen molar-refractivity contribution >= 4 is 22.2 Å². The quantitative estimate of drug-likeness (QED) is 0.850. The lowest BCUT2D eigenvalue weighted by Crippen LogP contribution is -2.36. The number of rotatable bonds is 1. The molecule has 4 rings (SSSR count). The molecule has 7 heteroatoms. The highest BCUT2D eigenvalue weighted by Gasteiger charge is 2.43. The molecule has 0 spiro atoms. The monoisotopic (exact) mass is 332 g/mol. The van der Waals surface area contributed by atoms with Gasteiger partial charge in [-0.2, -0.15) is 0 Å². The Labute approximate surface area is 137 Å². The van der Waals surface area contributed by atoms with Gasteiger partial charge in [-0.05, 0) is 38.5 Å². The second-order valence-corrected chi connectivity index (χ2v) is 7.90. The zero-order valence-corrected chi connectivity index (χ0v) is 14.1. The third kappa shape index (κ3) is 2.14. The van der Waals surface area contributed by atoms with Crippen molar-refractivity contribution in [2.75, 3.05) is 13.1 Å². The Morgan fingerprint density at radius 2 is 2.13 bits per heavy atom. The molecule has 2 fully saturated rings. The van der Waals surface area contributed by atoms with Gasteiger partial charge < -0.3 is 10.6 Å². The molecule has 3 heterocycles. The van der Waals surface area contributed by atoms with Crippen LogP contribution in [0.3, 0.4) is 0 Å². The molecule has 1 aliphatic carbocycles. The minimum absolute atomic E-state index is 0.164. The van der Waals surface area contributed by atoms with E-state index in [-0.39, 0.29) is 23.1 Å². The van der Waals surface area contributed by atoms with Gasteiger partial charge in [0.1, 0.15) is 5.56 Å². The van der Waals surface area contributed by atoms with Gasteiger partial charge in [-0.15, -0.1) is 11.3 Å². The lowest BCUT2D eigenvalue weighted by atomic mass is 9.98. The van der Waals surface area contributed by atoms with Crippen LogP contribution in [-0.2, 0) is 0 Å². The number of nitrogens with zero attached hydrogens (tertiary/aromatic N) is 3. The molecule has 1 aliphatic heterocycles. The van der Waals surface area contributed by atoms with Gasteiger partial charge in [-0.3, -0.25) is 14.0 Å². The first-order valence-corrected chi connectivity index (χ1v) is 8.81. The largest absolute Gasteiger partial charge is 0.338 e. The molecule has 23 heavy (non-hydrogen) atoms. The van der Waals surface area contributed by atoms with E-state index in [2.05, 4.69) is 4.98 Å². The SMILES string of the molecule is Cc1sc2ncc(C(=O)N3CC4CCC(N)C4C3)c(=O)n2c1C. The first kappa shape index (κ1) is 14.8. The van der Waals surface area contributed by atoms with Gasteiger partial charge in [-0.1, -0.05) is 0 Å². The van der Waals surface area contributed by atoms with Crippen molar-refractivity contribution < 1.29 is 4.79 Å². The van der Waals surface area contributed by atoms with Gasteiger partial charge in [-0.25, -0.2) is 4.98 Å². The summed E-state index contributed by atoms with van der Waals surface area (Å²) in [5.74, 6) is 0.656. The van der Waals surface area contributed by atoms with Gasteiger partial charge in [0.25, 0.3) is 11.5 Å². The summed E-state index contributed by atoms with van der Waals surface area (Å²) in [6.07, 6.45) is 3.55. The van der Waals surface area contributed by atoms with Crippen molar-refractivity contribution in [1.29, 1.82) is 0 Å². The van der Waals surface area contributed by atoms with E-state index in [4.69, 9.17) is 5.73 Å². The summed E-state index contributed by atoms with van der Waals surface area (Å²) in [4.78, 5) is 33.3. The zero-order valence-electron chi connectivity index (χ0n) is 13.3. The molecule has 1 saturated carbocycles. The molecule has 2 N–H and O–H groups in total. The van der Waals surface area contributed by atoms with Crippen LogP contribution in [0.4, 0.5) is 0 Å². The van der Waals surface area contributed by atoms with E-state index in [1.54, 1.807) is 9.30 Å². The zero-order chi connectivity index (χ0) is 16.3. The standard InChI is InChI=1S/C16H20N4O2S/c1-8-9(2)23-16-18-5-11(15(22)20(8)16)14(21)19-6-10-3-4-13(17)12(10)7-19/h5,10,12-13H,3-4,6-7,17H2,1-2H3. The molecule has 2 aromatic heterocycles. The number of fused-ring (bicyclic) bond motifs is 2. The highest BCUT2D eigenvalue weighted by Crippen LogP contribution is 2.37. The van der Waals surface area contributed by atoms with E-state index in [1.807, 2.05) is 13.8 Å². The number of hydrogen-bond acceptors (Lipinski definition) is 5. The summed E-state index contributed by atoms with van der Waals surface area (Å²) < 4.78 is 1.55. The number of carbonyl (C=O) groups is 1. The van der Waals surface area contributed by atoms with Crippen molar-refractivity contribution in [3.63, 3.8) is 0 Å². The number of likely N-dealkylation sites (tertiary alicyclic amines) is 1. The van der Waals surface area contributed by atoms with Gasteiger partial charge in [0.2, 0.25) is 0 Å². The summed E-state index contributed by atoms with van der Waals surface area (Å²) in [6, 6.07) is 0.182. The Bertz CT molecular complexity index is 856. The predicted molar refractivity (Wildman–Crippen MR) is 88.9 cm³/mol. The fourth-order valence-electron chi connectivity index (χ4n) is 3.97. The highest BCUT2D eigenvalue weighted by molar-refractivity contribution is 7.17. The average Bonchev–Trinajstić information content (AvgIpc) is 3.16. The number of thiazole rings is 1. The minimum Gasteiger partial charge on any atom is -0.338 e. The number of aromatic nitrogens is 2. The predicted octanol–water partition coefficient (Wildman–Crippen LogP) is 1.18. The molecule has 122 valence electrons. The van der Waals surface area contributed by atoms with Crippen LogP contribution in [0.1, 0.15) is 33.8 Å². The molecule has 0 aromatic carbocycles. The van der Waals surface area contributed by atoms with Crippen molar-refractivity contribution in [1.82, 2.24) is 14.3 Å². The smallest absolute Gasteiger partial charge is 0.271 e. The third-order valence-electron chi connectivity index (χ3n) is 5.45. The molecule has 2 aliphatic rings. The minimum atomic E-state index is -0.261. The third-order valence-corrected chi connectivity index (χ3v) is 6.52. The number of amides is 1. The van der Waals surface area contributed by atoms with Crippen LogP contribution in [0.15, 0.2) is 11.0 Å². The summed E-state index contributed by atoms with van der Waals surface area (Å²) in [6.45, 7) is 5.21. The number of carbonyl (C=O) groups excluding carboxylic acids is 1. The van der Waals surface area contributed by atoms with E-state index < -0.39 is 0 Å². The summed E-state index contributed by atoms with van der Waals surface area (Å²) >= 11 is 1.47. The van der Waals surface area contributed by atoms with Gasteiger partial charge in [0.05, 0.1) is 0 Å². The van der Waals surface area contributed by atoms with Crippen LogP contribution < -0.4 is 11.3 Å². The molecular weight excluding hydrogens is 312 g/mol. The Morgan fingerprint density at radius 1 is 1.35 bits per heavy atom. The normalized spacial score (nSPS) is 26.9. The van der Waals surface area contributed by atoms with Crippen LogP contribution in [0, 0.1) is 25.7 Å². The van der Waals surface area contributed by atoms with E-state index >= 15 is 0 Å². The van der Waals surface area contributed by atoms with Gasteiger partial charge >= 0.3 is 0 Å². The molecule has 0 radical (unpaired) electrons. The lowest BCUT2D eigenvalue weighted by Gasteiger charge is -2.18.